The Hall–Kier alpha value is -2.18. The van der Waals surface area contributed by atoms with Crippen LogP contribution in [0.3, 0.4) is 0 Å². The van der Waals surface area contributed by atoms with Crippen LogP contribution in [0.1, 0.15) is 17.3 Å². The van der Waals surface area contributed by atoms with E-state index in [0.29, 0.717) is 0 Å². The minimum absolute atomic E-state index is 0.0327. The van der Waals surface area contributed by atoms with E-state index < -0.39 is 40.5 Å². The number of carbonyl (C=O) groups is 3. The number of hydrogen-bond donors (Lipinski definition) is 3. The van der Waals surface area contributed by atoms with Crippen molar-refractivity contribution >= 4 is 67.3 Å². The van der Waals surface area contributed by atoms with Gasteiger partial charge in [-0.1, -0.05) is 23.2 Å². The second-order valence-electron chi connectivity index (χ2n) is 5.60. The van der Waals surface area contributed by atoms with Crippen LogP contribution in [-0.2, 0) is 24.3 Å². The second-order valence-corrected chi connectivity index (χ2v) is 9.05. The molecule has 0 radical (unpaired) electrons. The summed E-state index contributed by atoms with van der Waals surface area (Å²) in [4.78, 5) is 34.9. The highest BCUT2D eigenvalue weighted by Gasteiger charge is 2.24. The number of anilines is 1. The van der Waals surface area contributed by atoms with Crippen molar-refractivity contribution in [3.05, 3.63) is 45.3 Å². The van der Waals surface area contributed by atoms with E-state index in [4.69, 9.17) is 33.7 Å². The van der Waals surface area contributed by atoms with Gasteiger partial charge < -0.3 is 15.8 Å². The van der Waals surface area contributed by atoms with E-state index in [1.807, 2.05) is 0 Å². The molecule has 1 aromatic heterocycles. The van der Waals surface area contributed by atoms with Crippen molar-refractivity contribution in [2.45, 2.75) is 17.9 Å². The van der Waals surface area contributed by atoms with Crippen LogP contribution in [0.4, 0.5) is 5.00 Å². The van der Waals surface area contributed by atoms with Gasteiger partial charge in [-0.2, -0.15) is 4.72 Å². The molecule has 156 valence electrons. The van der Waals surface area contributed by atoms with Gasteiger partial charge in [0, 0.05) is 0 Å². The first-order chi connectivity index (χ1) is 13.5. The number of nitrogens with one attached hydrogen (secondary N) is 2. The Morgan fingerprint density at radius 3 is 2.52 bits per heavy atom. The van der Waals surface area contributed by atoms with E-state index >= 15 is 0 Å². The number of benzene rings is 1. The van der Waals surface area contributed by atoms with Crippen molar-refractivity contribution in [2.75, 3.05) is 11.9 Å². The van der Waals surface area contributed by atoms with Crippen LogP contribution in [-0.4, -0.2) is 38.9 Å². The van der Waals surface area contributed by atoms with Gasteiger partial charge in [-0.25, -0.2) is 8.42 Å². The van der Waals surface area contributed by atoms with Crippen molar-refractivity contribution in [1.29, 1.82) is 0 Å². The van der Waals surface area contributed by atoms with Crippen LogP contribution in [0.5, 0.6) is 0 Å². The van der Waals surface area contributed by atoms with Gasteiger partial charge in [0.25, 0.3) is 11.8 Å². The normalized spacial score (nSPS) is 12.2. The van der Waals surface area contributed by atoms with E-state index in [-0.39, 0.29) is 25.5 Å². The SMILES string of the molecule is C[C@@H](NS(=O)(=O)c1ccc(Cl)c(Cl)c1)C(=O)OCC(=O)Nc1sccc1C(N)=O. The molecule has 0 fully saturated rings. The number of rotatable bonds is 8. The summed E-state index contributed by atoms with van der Waals surface area (Å²) in [7, 11) is -4.08. The average molecular weight is 480 g/mol. The van der Waals surface area contributed by atoms with Gasteiger partial charge in [0.15, 0.2) is 6.61 Å². The van der Waals surface area contributed by atoms with Gasteiger partial charge >= 0.3 is 5.97 Å². The second kappa shape index (κ2) is 9.55. The maximum Gasteiger partial charge on any atom is 0.324 e. The molecule has 0 aliphatic rings. The number of nitrogens with two attached hydrogens (primary N) is 1. The number of amides is 2. The van der Waals surface area contributed by atoms with E-state index in [0.717, 1.165) is 17.4 Å². The fraction of sp³-hybridized carbons (Fsp3) is 0.188. The molecule has 2 amide bonds. The highest BCUT2D eigenvalue weighted by atomic mass is 35.5. The lowest BCUT2D eigenvalue weighted by atomic mass is 10.3. The molecule has 9 nitrogen and oxygen atoms in total. The van der Waals surface area contributed by atoms with Gasteiger partial charge in [-0.3, -0.25) is 14.4 Å². The van der Waals surface area contributed by atoms with Gasteiger partial charge in [0.1, 0.15) is 11.0 Å². The molecule has 29 heavy (non-hydrogen) atoms. The lowest BCUT2D eigenvalue weighted by Gasteiger charge is -2.14. The number of carbonyl (C=O) groups excluding carboxylic acids is 3. The molecule has 13 heteroatoms. The van der Waals surface area contributed by atoms with Crippen LogP contribution in [0.25, 0.3) is 0 Å². The number of primary amides is 1. The quantitative estimate of drug-likeness (QED) is 0.493. The summed E-state index contributed by atoms with van der Waals surface area (Å²) in [5.41, 5.74) is 5.29. The lowest BCUT2D eigenvalue weighted by Crippen LogP contribution is -2.40. The zero-order valence-electron chi connectivity index (χ0n) is 14.8. The topological polar surface area (TPSA) is 145 Å². The first kappa shape index (κ1) is 23.1. The molecule has 1 aromatic carbocycles. The molecule has 0 aliphatic heterocycles. The number of halogens is 2. The molecular formula is C16H15Cl2N3O6S2. The van der Waals surface area contributed by atoms with Gasteiger partial charge in [-0.05, 0) is 36.6 Å². The summed E-state index contributed by atoms with van der Waals surface area (Å²) in [5, 5.41) is 4.37. The first-order valence-electron chi connectivity index (χ1n) is 7.82. The predicted molar refractivity (Wildman–Crippen MR) is 109 cm³/mol. The standard InChI is InChI=1S/C16H15Cl2N3O6S2/c1-8(21-29(25,26)9-2-3-11(17)12(18)6-9)16(24)27-7-13(22)20-15-10(14(19)23)4-5-28-15/h2-6,8,21H,7H2,1H3,(H2,19,23)(H,20,22)/t8-/m1/s1. The van der Waals surface area contributed by atoms with Gasteiger partial charge in [-0.15, -0.1) is 11.3 Å². The highest BCUT2D eigenvalue weighted by Crippen LogP contribution is 2.25. The van der Waals surface area contributed by atoms with E-state index in [9.17, 15) is 22.8 Å². The molecule has 4 N–H and O–H groups in total. The molecule has 0 unspecified atom stereocenters. The minimum Gasteiger partial charge on any atom is -0.454 e. The summed E-state index contributed by atoms with van der Waals surface area (Å²) < 4.78 is 31.6. The van der Waals surface area contributed by atoms with Gasteiger partial charge in [0.05, 0.1) is 20.5 Å². The number of sulfonamides is 1. The molecule has 2 aromatic rings. The smallest absolute Gasteiger partial charge is 0.324 e. The Labute approximate surface area is 180 Å². The Balaban J connectivity index is 1.93. The molecule has 1 atom stereocenters. The number of esters is 1. The van der Waals surface area contributed by atoms with E-state index in [1.165, 1.54) is 25.1 Å². The third-order valence-electron chi connectivity index (χ3n) is 3.42. The zero-order chi connectivity index (χ0) is 21.8. The summed E-state index contributed by atoms with van der Waals surface area (Å²) in [6.45, 7) is 0.563. The van der Waals surface area contributed by atoms with E-state index in [2.05, 4.69) is 10.0 Å². The Morgan fingerprint density at radius 1 is 1.21 bits per heavy atom. The summed E-state index contributed by atoms with van der Waals surface area (Å²) in [6.07, 6.45) is 0. The fourth-order valence-electron chi connectivity index (χ4n) is 2.02. The van der Waals surface area contributed by atoms with Crippen LogP contribution < -0.4 is 15.8 Å². The zero-order valence-corrected chi connectivity index (χ0v) is 17.9. The number of ether oxygens (including phenoxy) is 1. The van der Waals surface area contributed by atoms with Gasteiger partial charge in [0.2, 0.25) is 10.0 Å². The lowest BCUT2D eigenvalue weighted by molar-refractivity contribution is -0.148. The molecule has 0 bridgehead atoms. The van der Waals surface area contributed by atoms with Crippen LogP contribution >= 0.6 is 34.5 Å². The number of hydrogen-bond acceptors (Lipinski definition) is 7. The largest absolute Gasteiger partial charge is 0.454 e. The molecule has 2 rings (SSSR count). The summed E-state index contributed by atoms with van der Waals surface area (Å²) in [6, 6.07) is 3.81. The monoisotopic (exact) mass is 479 g/mol. The minimum atomic E-state index is -4.08. The fourth-order valence-corrected chi connectivity index (χ4v) is 4.41. The maximum atomic E-state index is 12.3. The predicted octanol–water partition coefficient (Wildman–Crippen LogP) is 2.00. The van der Waals surface area contributed by atoms with Crippen molar-refractivity contribution in [1.82, 2.24) is 4.72 Å². The molecule has 1 heterocycles. The summed E-state index contributed by atoms with van der Waals surface area (Å²) in [5.74, 6) is -2.42. The molecule has 0 saturated carbocycles. The first-order valence-corrected chi connectivity index (χ1v) is 10.9. The van der Waals surface area contributed by atoms with Crippen LogP contribution in [0.2, 0.25) is 10.0 Å². The average Bonchev–Trinajstić information content (AvgIpc) is 3.09. The highest BCUT2D eigenvalue weighted by molar-refractivity contribution is 7.89. The maximum absolute atomic E-state index is 12.3. The molecule has 0 aliphatic carbocycles. The summed E-state index contributed by atoms with van der Waals surface area (Å²) >= 11 is 12.6. The Morgan fingerprint density at radius 2 is 1.90 bits per heavy atom. The Bertz CT molecular complexity index is 1050. The number of thiophene rings is 1. The third kappa shape index (κ3) is 6.15. The third-order valence-corrected chi connectivity index (χ3v) is 6.52. The Kier molecular flexibility index (Phi) is 7.60. The van der Waals surface area contributed by atoms with Crippen molar-refractivity contribution < 1.29 is 27.5 Å². The molecular weight excluding hydrogens is 465 g/mol. The van der Waals surface area contributed by atoms with Crippen molar-refractivity contribution in [3.63, 3.8) is 0 Å². The van der Waals surface area contributed by atoms with E-state index in [1.54, 1.807) is 5.38 Å². The van der Waals surface area contributed by atoms with Crippen LogP contribution in [0.15, 0.2) is 34.5 Å². The van der Waals surface area contributed by atoms with Crippen LogP contribution in [0, 0.1) is 0 Å². The molecule has 0 saturated heterocycles. The van der Waals surface area contributed by atoms with Crippen molar-refractivity contribution in [3.8, 4) is 0 Å². The molecule has 0 spiro atoms. The van der Waals surface area contributed by atoms with Crippen molar-refractivity contribution in [2.24, 2.45) is 5.73 Å².